The fraction of sp³-hybridized carbons (Fsp3) is 0.192. The summed E-state index contributed by atoms with van der Waals surface area (Å²) in [4.78, 5) is 17.1. The van der Waals surface area contributed by atoms with Gasteiger partial charge in [-0.15, -0.1) is 10.2 Å². The van der Waals surface area contributed by atoms with Crippen LogP contribution in [0.2, 0.25) is 5.02 Å². The van der Waals surface area contributed by atoms with Crippen LogP contribution in [0.3, 0.4) is 0 Å². The molecular weight excluding hydrogens is 436 g/mol. The van der Waals surface area contributed by atoms with Gasteiger partial charge in [0.2, 0.25) is 11.8 Å². The number of amides is 1. The van der Waals surface area contributed by atoms with E-state index in [0.717, 1.165) is 34.9 Å². The van der Waals surface area contributed by atoms with E-state index in [9.17, 15) is 4.79 Å². The van der Waals surface area contributed by atoms with Crippen molar-refractivity contribution in [1.29, 1.82) is 0 Å². The molecule has 1 saturated heterocycles. The van der Waals surface area contributed by atoms with E-state index in [4.69, 9.17) is 16.0 Å². The van der Waals surface area contributed by atoms with Crippen molar-refractivity contribution in [2.75, 3.05) is 31.1 Å². The van der Waals surface area contributed by atoms with Gasteiger partial charge in [0.05, 0.1) is 0 Å². The average Bonchev–Trinajstić information content (AvgIpc) is 3.35. The van der Waals surface area contributed by atoms with Gasteiger partial charge >= 0.3 is 0 Å². The number of anilines is 1. The molecule has 1 fully saturated rings. The molecule has 5 rings (SSSR count). The number of halogens is 1. The summed E-state index contributed by atoms with van der Waals surface area (Å²) in [6.45, 7) is 4.90. The van der Waals surface area contributed by atoms with Gasteiger partial charge in [0.15, 0.2) is 0 Å². The maximum Gasteiger partial charge on any atom is 0.253 e. The van der Waals surface area contributed by atoms with Gasteiger partial charge in [-0.1, -0.05) is 35.4 Å². The zero-order chi connectivity index (χ0) is 22.8. The minimum absolute atomic E-state index is 0.0261. The first-order chi connectivity index (χ1) is 16.1. The molecule has 1 aliphatic heterocycles. The number of hydrogen-bond donors (Lipinski definition) is 0. The molecule has 0 atom stereocenters. The van der Waals surface area contributed by atoms with Gasteiger partial charge in [-0.05, 0) is 61.5 Å². The third-order valence-corrected chi connectivity index (χ3v) is 6.08. The van der Waals surface area contributed by atoms with E-state index in [1.54, 1.807) is 0 Å². The van der Waals surface area contributed by atoms with Crippen molar-refractivity contribution in [3.8, 4) is 22.9 Å². The summed E-state index contributed by atoms with van der Waals surface area (Å²) in [7, 11) is 0. The van der Waals surface area contributed by atoms with Crippen LogP contribution in [0.5, 0.6) is 0 Å². The van der Waals surface area contributed by atoms with Crippen molar-refractivity contribution in [3.05, 3.63) is 88.9 Å². The number of rotatable bonds is 4. The lowest BCUT2D eigenvalue weighted by molar-refractivity contribution is 0.0747. The lowest BCUT2D eigenvalue weighted by Crippen LogP contribution is -2.48. The third kappa shape index (κ3) is 4.61. The summed E-state index contributed by atoms with van der Waals surface area (Å²) < 4.78 is 5.84. The van der Waals surface area contributed by atoms with Gasteiger partial charge in [0.25, 0.3) is 5.91 Å². The number of piperazine rings is 1. The smallest absolute Gasteiger partial charge is 0.253 e. The Bertz CT molecular complexity index is 1260. The number of aromatic nitrogens is 2. The van der Waals surface area contributed by atoms with E-state index in [1.165, 1.54) is 5.56 Å². The molecule has 1 aromatic heterocycles. The number of carbonyl (C=O) groups is 1. The minimum atomic E-state index is 0.0261. The molecule has 0 saturated carbocycles. The molecule has 0 N–H and O–H groups in total. The van der Waals surface area contributed by atoms with Crippen LogP contribution in [0.1, 0.15) is 15.9 Å². The zero-order valence-corrected chi connectivity index (χ0v) is 19.0. The molecule has 7 heteroatoms. The van der Waals surface area contributed by atoms with Crippen LogP contribution in [0.4, 0.5) is 5.69 Å². The molecular formula is C26H23ClN4O2. The molecule has 1 amide bonds. The molecule has 6 nitrogen and oxygen atoms in total. The van der Waals surface area contributed by atoms with E-state index in [1.807, 2.05) is 84.6 Å². The molecule has 0 unspecified atom stereocenters. The number of hydrogen-bond acceptors (Lipinski definition) is 5. The maximum absolute atomic E-state index is 13.0. The van der Waals surface area contributed by atoms with E-state index in [2.05, 4.69) is 15.1 Å². The normalized spacial score (nSPS) is 13.9. The van der Waals surface area contributed by atoms with Gasteiger partial charge in [-0.3, -0.25) is 4.79 Å². The van der Waals surface area contributed by atoms with E-state index < -0.39 is 0 Å². The molecule has 0 radical (unpaired) electrons. The first-order valence-corrected chi connectivity index (χ1v) is 11.3. The van der Waals surface area contributed by atoms with Crippen molar-refractivity contribution in [3.63, 3.8) is 0 Å². The van der Waals surface area contributed by atoms with Crippen molar-refractivity contribution >= 4 is 23.2 Å². The highest BCUT2D eigenvalue weighted by Gasteiger charge is 2.22. The highest BCUT2D eigenvalue weighted by atomic mass is 35.5. The fourth-order valence-electron chi connectivity index (χ4n) is 3.93. The topological polar surface area (TPSA) is 62.5 Å². The predicted octanol–water partition coefficient (Wildman–Crippen LogP) is 5.33. The Morgan fingerprint density at radius 3 is 2.06 bits per heavy atom. The second-order valence-corrected chi connectivity index (χ2v) is 8.55. The number of carbonyl (C=O) groups excluding carboxylic acids is 1. The Morgan fingerprint density at radius 2 is 1.45 bits per heavy atom. The Balaban J connectivity index is 1.24. The molecule has 3 aromatic carbocycles. The second kappa shape index (κ2) is 9.08. The minimum Gasteiger partial charge on any atom is -0.416 e. The Labute approximate surface area is 197 Å². The van der Waals surface area contributed by atoms with Crippen LogP contribution >= 0.6 is 11.6 Å². The van der Waals surface area contributed by atoms with Crippen LogP contribution in [0, 0.1) is 6.92 Å². The zero-order valence-electron chi connectivity index (χ0n) is 18.2. The fourth-order valence-corrected chi connectivity index (χ4v) is 4.12. The number of aryl methyl sites for hydroxylation is 1. The van der Waals surface area contributed by atoms with Crippen LogP contribution in [0.25, 0.3) is 22.9 Å². The van der Waals surface area contributed by atoms with E-state index >= 15 is 0 Å². The van der Waals surface area contributed by atoms with Crippen molar-refractivity contribution in [2.24, 2.45) is 0 Å². The molecule has 0 aliphatic carbocycles. The van der Waals surface area contributed by atoms with Crippen LogP contribution in [0.15, 0.2) is 77.2 Å². The summed E-state index contributed by atoms with van der Waals surface area (Å²) in [5, 5.41) is 9.04. The molecule has 33 heavy (non-hydrogen) atoms. The third-order valence-electron chi connectivity index (χ3n) is 5.84. The Hall–Kier alpha value is -3.64. The summed E-state index contributed by atoms with van der Waals surface area (Å²) in [6, 6.07) is 23.1. The molecule has 2 heterocycles. The summed E-state index contributed by atoms with van der Waals surface area (Å²) >= 11 is 6.11. The molecule has 1 aliphatic rings. The Morgan fingerprint density at radius 1 is 0.848 bits per heavy atom. The number of nitrogens with zero attached hydrogens (tertiary/aromatic N) is 4. The van der Waals surface area contributed by atoms with E-state index in [-0.39, 0.29) is 5.91 Å². The van der Waals surface area contributed by atoms with Gasteiger partial charge in [0.1, 0.15) is 0 Å². The monoisotopic (exact) mass is 458 g/mol. The molecule has 4 aromatic rings. The first-order valence-electron chi connectivity index (χ1n) is 10.9. The van der Waals surface area contributed by atoms with Crippen LogP contribution in [-0.4, -0.2) is 47.2 Å². The summed E-state index contributed by atoms with van der Waals surface area (Å²) in [6.07, 6.45) is 0. The highest BCUT2D eigenvalue weighted by molar-refractivity contribution is 6.30. The standard InChI is InChI=1S/C26H23ClN4O2/c1-18-5-7-19(8-6-18)24-28-29-25(33-24)20-9-11-21(12-10-20)26(32)31-15-13-30(14-16-31)23-4-2-3-22(27)17-23/h2-12,17H,13-16H2,1H3. The van der Waals surface area contributed by atoms with E-state index in [0.29, 0.717) is 30.4 Å². The van der Waals surface area contributed by atoms with Gasteiger partial charge < -0.3 is 14.2 Å². The highest BCUT2D eigenvalue weighted by Crippen LogP contribution is 2.25. The molecule has 166 valence electrons. The lowest BCUT2D eigenvalue weighted by atomic mass is 10.1. The average molecular weight is 459 g/mol. The molecule has 0 spiro atoms. The lowest BCUT2D eigenvalue weighted by Gasteiger charge is -2.36. The van der Waals surface area contributed by atoms with Crippen molar-refractivity contribution in [2.45, 2.75) is 6.92 Å². The summed E-state index contributed by atoms with van der Waals surface area (Å²) in [5.41, 5.74) is 4.56. The van der Waals surface area contributed by atoms with Gasteiger partial charge in [-0.2, -0.15) is 0 Å². The van der Waals surface area contributed by atoms with Gasteiger partial charge in [0, 0.05) is 53.6 Å². The van der Waals surface area contributed by atoms with Crippen LogP contribution in [-0.2, 0) is 0 Å². The largest absolute Gasteiger partial charge is 0.416 e. The SMILES string of the molecule is Cc1ccc(-c2nnc(-c3ccc(C(=O)N4CCN(c5cccc(Cl)c5)CC4)cc3)o2)cc1. The predicted molar refractivity (Wildman–Crippen MR) is 129 cm³/mol. The maximum atomic E-state index is 13.0. The van der Waals surface area contributed by atoms with Crippen molar-refractivity contribution in [1.82, 2.24) is 15.1 Å². The second-order valence-electron chi connectivity index (χ2n) is 8.11. The van der Waals surface area contributed by atoms with Crippen molar-refractivity contribution < 1.29 is 9.21 Å². The molecule has 0 bridgehead atoms. The van der Waals surface area contributed by atoms with Gasteiger partial charge in [-0.25, -0.2) is 0 Å². The van der Waals surface area contributed by atoms with Crippen LogP contribution < -0.4 is 4.90 Å². The summed E-state index contributed by atoms with van der Waals surface area (Å²) in [5.74, 6) is 0.931. The number of benzene rings is 3. The quantitative estimate of drug-likeness (QED) is 0.413. The first kappa shape index (κ1) is 21.2. The Kier molecular flexibility index (Phi) is 5.84.